The summed E-state index contributed by atoms with van der Waals surface area (Å²) in [6.45, 7) is 0. The van der Waals surface area contributed by atoms with Crippen LogP contribution in [0, 0.1) is 33.9 Å². The Bertz CT molecular complexity index is 1360. The third-order valence-electron chi connectivity index (χ3n) is 6.50. The van der Waals surface area contributed by atoms with E-state index in [0.717, 1.165) is 5.56 Å². The first kappa shape index (κ1) is 20.9. The number of carbonyl (C=O) groups is 1. The van der Waals surface area contributed by atoms with Gasteiger partial charge in [0.15, 0.2) is 11.2 Å². The van der Waals surface area contributed by atoms with Crippen molar-refractivity contribution in [1.82, 2.24) is 0 Å². The molecule has 0 spiro atoms. The number of fused-ring (bicyclic) bond motifs is 3. The lowest BCUT2D eigenvalue weighted by molar-refractivity contribution is 0.0951. The third kappa shape index (κ3) is 3.13. The lowest BCUT2D eigenvalue weighted by atomic mass is 9.69. The van der Waals surface area contributed by atoms with Gasteiger partial charge in [0, 0.05) is 22.2 Å². The Labute approximate surface area is 195 Å². The number of nitrogens with zero attached hydrogens (tertiary/aromatic N) is 3. The summed E-state index contributed by atoms with van der Waals surface area (Å²) in [5.74, 6) is -1.61. The van der Waals surface area contributed by atoms with Crippen LogP contribution in [0.1, 0.15) is 27.4 Å². The first-order valence-corrected chi connectivity index (χ1v) is 10.8. The molecule has 3 atom stereocenters. The van der Waals surface area contributed by atoms with Gasteiger partial charge in [-0.1, -0.05) is 66.2 Å². The van der Waals surface area contributed by atoms with Crippen molar-refractivity contribution in [1.29, 1.82) is 10.5 Å². The Morgan fingerprint density at radius 3 is 2.45 bits per heavy atom. The fourth-order valence-corrected chi connectivity index (χ4v) is 5.29. The van der Waals surface area contributed by atoms with Gasteiger partial charge in [-0.15, -0.1) is 0 Å². The Balaban J connectivity index is 1.80. The topological polar surface area (TPSA) is 67.9 Å². The molecular weight excluding hydrogens is 437 g/mol. The summed E-state index contributed by atoms with van der Waals surface area (Å²) in [5.41, 5.74) is 0.769. The maximum atomic E-state index is 14.3. The summed E-state index contributed by atoms with van der Waals surface area (Å²) in [5, 5.41) is 21.3. The van der Waals surface area contributed by atoms with Crippen molar-refractivity contribution in [2.75, 3.05) is 4.90 Å². The molecule has 0 amide bonds. The molecule has 3 aromatic rings. The fraction of sp³-hybridized carbons (Fsp3) is 0.148. The molecule has 2 aliphatic heterocycles. The van der Waals surface area contributed by atoms with Gasteiger partial charge in [-0.3, -0.25) is 4.79 Å². The summed E-state index contributed by atoms with van der Waals surface area (Å²) >= 11 is 6.20. The smallest absolute Gasteiger partial charge is 0.185 e. The molecule has 0 N–H and O–H groups in total. The van der Waals surface area contributed by atoms with E-state index in [9.17, 15) is 19.7 Å². The number of anilines is 1. The summed E-state index contributed by atoms with van der Waals surface area (Å²) in [4.78, 5) is 15.8. The highest BCUT2D eigenvalue weighted by molar-refractivity contribution is 6.30. The quantitative estimate of drug-likeness (QED) is 0.472. The second-order valence-corrected chi connectivity index (χ2v) is 8.65. The molecule has 3 aromatic carbocycles. The SMILES string of the molecule is N#CC1(C#N)C(c2cccc(F)c2)C(C(=O)c2ccccc2)N2c3ccc(Cl)cc3C=CC21. The van der Waals surface area contributed by atoms with Crippen molar-refractivity contribution in [3.8, 4) is 12.1 Å². The van der Waals surface area contributed by atoms with Gasteiger partial charge in [-0.05, 0) is 41.5 Å². The van der Waals surface area contributed by atoms with Crippen LogP contribution in [-0.2, 0) is 0 Å². The van der Waals surface area contributed by atoms with Gasteiger partial charge < -0.3 is 4.90 Å². The molecule has 2 aliphatic rings. The number of nitriles is 2. The number of hydrogen-bond acceptors (Lipinski definition) is 4. The normalized spacial score (nSPS) is 22.1. The minimum Gasteiger partial charge on any atom is -0.351 e. The lowest BCUT2D eigenvalue weighted by Gasteiger charge is -2.35. The van der Waals surface area contributed by atoms with E-state index < -0.39 is 29.2 Å². The number of Topliss-reactive ketones (excluding diaryl/α,β-unsaturated/α-hetero) is 1. The molecule has 6 heteroatoms. The molecule has 33 heavy (non-hydrogen) atoms. The van der Waals surface area contributed by atoms with Gasteiger partial charge in [0.2, 0.25) is 0 Å². The van der Waals surface area contributed by atoms with Crippen LogP contribution >= 0.6 is 11.6 Å². The minimum atomic E-state index is -1.61. The molecule has 0 bridgehead atoms. The van der Waals surface area contributed by atoms with Gasteiger partial charge >= 0.3 is 0 Å². The zero-order valence-corrected chi connectivity index (χ0v) is 18.1. The van der Waals surface area contributed by atoms with Crippen LogP contribution in [0.3, 0.4) is 0 Å². The monoisotopic (exact) mass is 453 g/mol. The van der Waals surface area contributed by atoms with E-state index in [0.29, 0.717) is 21.8 Å². The van der Waals surface area contributed by atoms with Crippen molar-refractivity contribution >= 4 is 29.1 Å². The zero-order chi connectivity index (χ0) is 23.2. The van der Waals surface area contributed by atoms with Gasteiger partial charge in [0.25, 0.3) is 0 Å². The molecule has 2 heterocycles. The molecule has 1 fully saturated rings. The van der Waals surface area contributed by atoms with E-state index in [1.165, 1.54) is 18.2 Å². The third-order valence-corrected chi connectivity index (χ3v) is 6.74. The summed E-state index contributed by atoms with van der Waals surface area (Å²) in [7, 11) is 0. The molecule has 3 unspecified atom stereocenters. The van der Waals surface area contributed by atoms with Gasteiger partial charge in [-0.25, -0.2) is 4.39 Å². The summed E-state index contributed by atoms with van der Waals surface area (Å²) in [6, 6.07) is 22.7. The van der Waals surface area contributed by atoms with Crippen molar-refractivity contribution in [2.24, 2.45) is 5.41 Å². The van der Waals surface area contributed by atoms with E-state index in [1.807, 2.05) is 17.0 Å². The molecule has 160 valence electrons. The van der Waals surface area contributed by atoms with Crippen molar-refractivity contribution in [3.63, 3.8) is 0 Å². The number of carbonyl (C=O) groups excluding carboxylic acids is 1. The van der Waals surface area contributed by atoms with Gasteiger partial charge in [0.1, 0.15) is 11.9 Å². The van der Waals surface area contributed by atoms with Crippen molar-refractivity contribution in [3.05, 3.63) is 106 Å². The predicted octanol–water partition coefficient (Wildman–Crippen LogP) is 5.76. The molecule has 1 saturated heterocycles. The van der Waals surface area contributed by atoms with E-state index in [2.05, 4.69) is 12.1 Å². The molecule has 0 radical (unpaired) electrons. The molecule has 0 aliphatic carbocycles. The average molecular weight is 454 g/mol. The highest BCUT2D eigenvalue weighted by Crippen LogP contribution is 2.55. The first-order valence-electron chi connectivity index (χ1n) is 10.4. The van der Waals surface area contributed by atoms with Crippen LogP contribution < -0.4 is 4.90 Å². The Morgan fingerprint density at radius 1 is 1.00 bits per heavy atom. The fourth-order valence-electron chi connectivity index (χ4n) is 5.11. The van der Waals surface area contributed by atoms with Crippen LogP contribution in [0.25, 0.3) is 6.08 Å². The van der Waals surface area contributed by atoms with Crippen LogP contribution in [0.4, 0.5) is 10.1 Å². The minimum absolute atomic E-state index is 0.238. The second kappa shape index (κ2) is 7.89. The van der Waals surface area contributed by atoms with E-state index in [-0.39, 0.29) is 5.78 Å². The van der Waals surface area contributed by atoms with Gasteiger partial charge in [-0.2, -0.15) is 10.5 Å². The average Bonchev–Trinajstić information content (AvgIpc) is 3.14. The van der Waals surface area contributed by atoms with E-state index in [4.69, 9.17) is 11.6 Å². The highest BCUT2D eigenvalue weighted by Gasteiger charge is 2.63. The molecule has 0 aromatic heterocycles. The largest absolute Gasteiger partial charge is 0.351 e. The maximum absolute atomic E-state index is 14.3. The van der Waals surface area contributed by atoms with Gasteiger partial charge in [0.05, 0.1) is 18.2 Å². The Hall–Kier alpha value is -3.93. The number of benzene rings is 3. The molecule has 0 saturated carbocycles. The molecular formula is C27H17ClFN3O. The van der Waals surface area contributed by atoms with Crippen LogP contribution in [0.5, 0.6) is 0 Å². The van der Waals surface area contributed by atoms with Crippen LogP contribution in [0.15, 0.2) is 78.9 Å². The Kier molecular flexibility index (Phi) is 5.01. The molecule has 5 rings (SSSR count). The van der Waals surface area contributed by atoms with E-state index >= 15 is 0 Å². The highest BCUT2D eigenvalue weighted by atomic mass is 35.5. The second-order valence-electron chi connectivity index (χ2n) is 8.21. The Morgan fingerprint density at radius 2 is 1.76 bits per heavy atom. The number of rotatable bonds is 3. The molecule has 4 nitrogen and oxygen atoms in total. The van der Waals surface area contributed by atoms with E-state index in [1.54, 1.807) is 54.6 Å². The maximum Gasteiger partial charge on any atom is 0.185 e. The van der Waals surface area contributed by atoms with Crippen molar-refractivity contribution in [2.45, 2.75) is 18.0 Å². The summed E-state index contributed by atoms with van der Waals surface area (Å²) in [6.07, 6.45) is 3.60. The number of hydrogen-bond donors (Lipinski definition) is 0. The van der Waals surface area contributed by atoms with Crippen LogP contribution in [0.2, 0.25) is 5.02 Å². The summed E-state index contributed by atoms with van der Waals surface area (Å²) < 4.78 is 14.3. The lowest BCUT2D eigenvalue weighted by Crippen LogP contribution is -2.44. The number of halogens is 2. The first-order chi connectivity index (χ1) is 16.0. The number of ketones is 1. The standard InChI is InChI=1S/C27H17ClFN3O/c28-20-10-11-22-18(13-20)9-12-23-27(15-30,16-31)24(19-7-4-8-21(29)14-19)25(32(22)23)26(33)17-5-2-1-3-6-17/h1-14,23-25H. The zero-order valence-electron chi connectivity index (χ0n) is 17.3. The van der Waals surface area contributed by atoms with Crippen molar-refractivity contribution < 1.29 is 9.18 Å². The van der Waals surface area contributed by atoms with Crippen LogP contribution in [-0.4, -0.2) is 17.9 Å². The predicted molar refractivity (Wildman–Crippen MR) is 124 cm³/mol.